The third-order valence-electron chi connectivity index (χ3n) is 1.47. The quantitative estimate of drug-likeness (QED) is 0.506. The van der Waals surface area contributed by atoms with Crippen LogP contribution in [0.5, 0.6) is 0 Å². The van der Waals surface area contributed by atoms with Gasteiger partial charge >= 0.3 is 0 Å². The van der Waals surface area contributed by atoms with Crippen molar-refractivity contribution in [2.75, 3.05) is 6.61 Å². The van der Waals surface area contributed by atoms with E-state index in [0.717, 1.165) is 23.9 Å². The van der Waals surface area contributed by atoms with E-state index in [1.54, 1.807) is 0 Å². The van der Waals surface area contributed by atoms with Crippen LogP contribution >= 0.6 is 0 Å². The summed E-state index contributed by atoms with van der Waals surface area (Å²) in [5.41, 5.74) is 1.98. The van der Waals surface area contributed by atoms with E-state index in [0.29, 0.717) is 0 Å². The van der Waals surface area contributed by atoms with Crippen molar-refractivity contribution in [1.82, 2.24) is 0 Å². The molecule has 0 atom stereocenters. The Hall–Kier alpha value is -0.495. The summed E-state index contributed by atoms with van der Waals surface area (Å²) in [6.07, 6.45) is 5.55. The fourth-order valence-electron chi connectivity index (χ4n) is 0.828. The van der Waals surface area contributed by atoms with Crippen LogP contribution in [0, 0.1) is 0 Å². The lowest BCUT2D eigenvalue weighted by molar-refractivity contribution is 0.326. The molecule has 1 nitrogen and oxygen atoms in total. The van der Waals surface area contributed by atoms with Crippen LogP contribution in [0.4, 0.5) is 0 Å². The highest BCUT2D eigenvalue weighted by Crippen LogP contribution is 2.14. The summed E-state index contributed by atoms with van der Waals surface area (Å²) in [6, 6.07) is 0. The van der Waals surface area contributed by atoms with E-state index in [9.17, 15) is 0 Å². The molecule has 0 saturated heterocycles. The second-order valence-corrected chi connectivity index (χ2v) is 2.22. The Labute approximate surface area is 56.5 Å². The number of aliphatic hydroxyl groups excluding tert-OH is 1. The second-order valence-electron chi connectivity index (χ2n) is 2.22. The molecule has 46 valence electrons. The molecular weight excluding hydrogens is 111 g/mol. The van der Waals surface area contributed by atoms with Gasteiger partial charge in [-0.2, -0.15) is 0 Å². The van der Waals surface area contributed by atoms with Gasteiger partial charge in [0, 0.05) is 0 Å². The molecule has 0 aromatic rings. The van der Waals surface area contributed by atoms with E-state index < -0.39 is 0 Å². The fraction of sp³-hybridized carbons (Fsp3) is 0.429. The van der Waals surface area contributed by atoms with E-state index in [4.69, 9.17) is 13.0 Å². The lowest BCUT2D eigenvalue weighted by atomic mass is 9.86. The minimum Gasteiger partial charge on any atom is -0.392 e. The topological polar surface area (TPSA) is 20.2 Å². The zero-order valence-corrected chi connectivity index (χ0v) is 5.30. The van der Waals surface area contributed by atoms with E-state index in [1.165, 1.54) is 0 Å². The van der Waals surface area contributed by atoms with Crippen LogP contribution in [0.25, 0.3) is 0 Å². The zero-order valence-electron chi connectivity index (χ0n) is 5.30. The lowest BCUT2D eigenvalue weighted by Crippen LogP contribution is -1.96. The Balaban J connectivity index is 2.59. The summed E-state index contributed by atoms with van der Waals surface area (Å²) in [6.45, 7) is 0.170. The summed E-state index contributed by atoms with van der Waals surface area (Å²) in [5.74, 6) is 0. The molecule has 0 heterocycles. The predicted octanol–water partition coefficient (Wildman–Crippen LogP) is 0.751. The molecule has 2 radical (unpaired) electrons. The van der Waals surface area contributed by atoms with Crippen LogP contribution in [-0.4, -0.2) is 19.6 Å². The highest BCUT2D eigenvalue weighted by atomic mass is 16.3. The van der Waals surface area contributed by atoms with Gasteiger partial charge in [-0.1, -0.05) is 12.2 Å². The third kappa shape index (κ3) is 1.72. The van der Waals surface area contributed by atoms with Gasteiger partial charge in [-0.15, -0.1) is 5.47 Å². The SMILES string of the molecule is [B]C1=CC=C(CO)CC1. The maximum atomic E-state index is 8.64. The first-order valence-corrected chi connectivity index (χ1v) is 3.08. The number of rotatable bonds is 1. The summed E-state index contributed by atoms with van der Waals surface area (Å²) in [5, 5.41) is 8.64. The molecule has 0 aromatic heterocycles. The first-order chi connectivity index (χ1) is 4.33. The third-order valence-corrected chi connectivity index (χ3v) is 1.47. The van der Waals surface area contributed by atoms with Crippen LogP contribution in [0.1, 0.15) is 12.8 Å². The van der Waals surface area contributed by atoms with Crippen molar-refractivity contribution in [3.63, 3.8) is 0 Å². The molecule has 0 unspecified atom stereocenters. The highest BCUT2D eigenvalue weighted by molar-refractivity contribution is 6.21. The Kier molecular flexibility index (Phi) is 2.12. The number of hydrogen-bond donors (Lipinski definition) is 1. The maximum absolute atomic E-state index is 8.64. The molecule has 0 amide bonds. The smallest absolute Gasteiger partial charge is 0.107 e. The molecule has 1 N–H and O–H groups in total. The molecule has 0 aromatic carbocycles. The molecule has 1 rings (SSSR count). The number of aliphatic hydroxyl groups is 1. The van der Waals surface area contributed by atoms with Crippen molar-refractivity contribution >= 4 is 7.85 Å². The molecule has 1 aliphatic rings. The van der Waals surface area contributed by atoms with Crippen LogP contribution in [0.2, 0.25) is 0 Å². The molecule has 9 heavy (non-hydrogen) atoms. The molecular formula is C7H9BO. The van der Waals surface area contributed by atoms with Gasteiger partial charge in [0.05, 0.1) is 6.61 Å². The van der Waals surface area contributed by atoms with Gasteiger partial charge < -0.3 is 5.11 Å². The van der Waals surface area contributed by atoms with Gasteiger partial charge in [0.25, 0.3) is 0 Å². The van der Waals surface area contributed by atoms with Gasteiger partial charge in [-0.05, 0) is 18.4 Å². The number of hydrogen-bond acceptors (Lipinski definition) is 1. The van der Waals surface area contributed by atoms with E-state index in [1.807, 2.05) is 12.2 Å². The first-order valence-electron chi connectivity index (χ1n) is 3.08. The summed E-state index contributed by atoms with van der Waals surface area (Å²) < 4.78 is 0. The molecule has 0 bridgehead atoms. The summed E-state index contributed by atoms with van der Waals surface area (Å²) in [7, 11) is 5.49. The van der Waals surface area contributed by atoms with Crippen molar-refractivity contribution < 1.29 is 5.11 Å². The molecule has 0 fully saturated rings. The minimum absolute atomic E-state index is 0.170. The van der Waals surface area contributed by atoms with Gasteiger partial charge in [-0.3, -0.25) is 0 Å². The highest BCUT2D eigenvalue weighted by Gasteiger charge is 1.99. The van der Waals surface area contributed by atoms with Gasteiger partial charge in [0.2, 0.25) is 0 Å². The predicted molar refractivity (Wildman–Crippen MR) is 38.2 cm³/mol. The maximum Gasteiger partial charge on any atom is 0.107 e. The largest absolute Gasteiger partial charge is 0.392 e. The molecule has 0 saturated carbocycles. The Morgan fingerprint density at radius 2 is 2.22 bits per heavy atom. The Morgan fingerprint density at radius 1 is 1.44 bits per heavy atom. The average Bonchev–Trinajstić information content (AvgIpc) is 1.90. The van der Waals surface area contributed by atoms with Gasteiger partial charge in [0.1, 0.15) is 7.85 Å². The van der Waals surface area contributed by atoms with Crippen LogP contribution < -0.4 is 0 Å². The summed E-state index contributed by atoms with van der Waals surface area (Å²) >= 11 is 0. The second kappa shape index (κ2) is 2.88. The van der Waals surface area contributed by atoms with Crippen molar-refractivity contribution in [3.8, 4) is 0 Å². The van der Waals surface area contributed by atoms with Crippen molar-refractivity contribution in [2.45, 2.75) is 12.8 Å². The zero-order chi connectivity index (χ0) is 6.69. The summed E-state index contributed by atoms with van der Waals surface area (Å²) in [4.78, 5) is 0. The van der Waals surface area contributed by atoms with E-state index in [2.05, 4.69) is 0 Å². The molecule has 0 spiro atoms. The standard InChI is InChI=1S/C7H9BO/c8-7-3-1-6(5-9)2-4-7/h1,3,9H,2,4-5H2. The Morgan fingerprint density at radius 3 is 2.67 bits per heavy atom. The van der Waals surface area contributed by atoms with Gasteiger partial charge in [-0.25, -0.2) is 0 Å². The van der Waals surface area contributed by atoms with Crippen LogP contribution in [-0.2, 0) is 0 Å². The lowest BCUT2D eigenvalue weighted by Gasteiger charge is -2.08. The van der Waals surface area contributed by atoms with Crippen molar-refractivity contribution in [3.05, 3.63) is 23.2 Å². The van der Waals surface area contributed by atoms with E-state index >= 15 is 0 Å². The minimum atomic E-state index is 0.170. The first kappa shape index (κ1) is 6.62. The number of allylic oxidation sites excluding steroid dienone is 3. The van der Waals surface area contributed by atoms with E-state index in [-0.39, 0.29) is 6.61 Å². The monoisotopic (exact) mass is 120 g/mol. The van der Waals surface area contributed by atoms with Crippen LogP contribution in [0.3, 0.4) is 0 Å². The molecule has 0 aliphatic heterocycles. The molecule has 2 heteroatoms. The average molecular weight is 120 g/mol. The normalized spacial score (nSPS) is 18.8. The van der Waals surface area contributed by atoms with Crippen LogP contribution in [0.15, 0.2) is 23.2 Å². The molecule has 1 aliphatic carbocycles. The fourth-order valence-corrected chi connectivity index (χ4v) is 0.828. The van der Waals surface area contributed by atoms with Crippen molar-refractivity contribution in [1.29, 1.82) is 0 Å². The van der Waals surface area contributed by atoms with Gasteiger partial charge in [0.15, 0.2) is 0 Å². The van der Waals surface area contributed by atoms with Crippen molar-refractivity contribution in [2.24, 2.45) is 0 Å². The Bertz CT molecular complexity index is 158.